The van der Waals surface area contributed by atoms with E-state index in [9.17, 15) is 19.2 Å². The lowest BCUT2D eigenvalue weighted by atomic mass is 10.2. The first-order valence-electron chi connectivity index (χ1n) is 8.65. The number of ether oxygens (including phenoxy) is 1. The number of nitrogens with zero attached hydrogens (tertiary/aromatic N) is 1. The van der Waals surface area contributed by atoms with Gasteiger partial charge >= 0.3 is 12.1 Å². The van der Waals surface area contributed by atoms with E-state index in [1.807, 2.05) is 30.3 Å². The van der Waals surface area contributed by atoms with E-state index in [1.54, 1.807) is 0 Å². The van der Waals surface area contributed by atoms with Crippen LogP contribution in [-0.4, -0.2) is 59.1 Å². The first kappa shape index (κ1) is 20.2. The summed E-state index contributed by atoms with van der Waals surface area (Å²) in [6.45, 7) is 1.51. The molecule has 3 amide bonds. The van der Waals surface area contributed by atoms with E-state index in [4.69, 9.17) is 9.84 Å². The molecule has 1 fully saturated rings. The standard InChI is InChI=1S/C18H23N3O6/c1-12(17(24)25)20-16(23)14-8-5-9-21(14)15(22)10-19-18(26)27-11-13-6-3-2-4-7-13/h2-4,6-7,12,14H,5,8-11H2,1H3,(H,19,26)(H,20,23)(H,24,25)/t12-,14+/m0/s1. The van der Waals surface area contributed by atoms with Crippen molar-refractivity contribution in [2.75, 3.05) is 13.1 Å². The van der Waals surface area contributed by atoms with Crippen LogP contribution in [0, 0.1) is 0 Å². The molecule has 1 saturated heterocycles. The Morgan fingerprint density at radius 2 is 1.96 bits per heavy atom. The van der Waals surface area contributed by atoms with Gasteiger partial charge in [0.15, 0.2) is 0 Å². The van der Waals surface area contributed by atoms with Crippen LogP contribution in [0.5, 0.6) is 0 Å². The molecule has 2 atom stereocenters. The number of benzene rings is 1. The lowest BCUT2D eigenvalue weighted by Gasteiger charge is -2.24. The predicted molar refractivity (Wildman–Crippen MR) is 94.6 cm³/mol. The minimum Gasteiger partial charge on any atom is -0.480 e. The van der Waals surface area contributed by atoms with Gasteiger partial charge in [0.05, 0.1) is 0 Å². The largest absolute Gasteiger partial charge is 0.480 e. The number of amides is 3. The molecule has 146 valence electrons. The second kappa shape index (κ2) is 9.56. The van der Waals surface area contributed by atoms with Crippen molar-refractivity contribution >= 4 is 23.9 Å². The van der Waals surface area contributed by atoms with Gasteiger partial charge in [-0.15, -0.1) is 0 Å². The van der Waals surface area contributed by atoms with E-state index in [0.717, 1.165) is 5.56 Å². The average molecular weight is 377 g/mol. The highest BCUT2D eigenvalue weighted by Crippen LogP contribution is 2.17. The van der Waals surface area contributed by atoms with Crippen LogP contribution in [0.15, 0.2) is 30.3 Å². The molecule has 1 aliphatic rings. The number of alkyl carbamates (subject to hydrolysis) is 1. The molecule has 0 aromatic heterocycles. The van der Waals surface area contributed by atoms with Crippen LogP contribution in [0.1, 0.15) is 25.3 Å². The lowest BCUT2D eigenvalue weighted by Crippen LogP contribution is -2.51. The zero-order chi connectivity index (χ0) is 19.8. The third-order valence-electron chi connectivity index (χ3n) is 4.20. The first-order valence-corrected chi connectivity index (χ1v) is 8.65. The fraction of sp³-hybridized carbons (Fsp3) is 0.444. The van der Waals surface area contributed by atoms with Gasteiger partial charge in [0.1, 0.15) is 25.2 Å². The summed E-state index contributed by atoms with van der Waals surface area (Å²) in [5, 5.41) is 13.6. The molecule has 0 spiro atoms. The molecular formula is C18H23N3O6. The third kappa shape index (κ3) is 5.98. The second-order valence-corrected chi connectivity index (χ2v) is 6.23. The van der Waals surface area contributed by atoms with Gasteiger partial charge in [-0.3, -0.25) is 14.4 Å². The van der Waals surface area contributed by atoms with E-state index in [1.165, 1.54) is 11.8 Å². The Morgan fingerprint density at radius 1 is 1.26 bits per heavy atom. The molecule has 9 nitrogen and oxygen atoms in total. The quantitative estimate of drug-likeness (QED) is 0.635. The lowest BCUT2D eigenvalue weighted by molar-refractivity contribution is -0.143. The summed E-state index contributed by atoms with van der Waals surface area (Å²) in [6, 6.07) is 7.34. The van der Waals surface area contributed by atoms with Crippen molar-refractivity contribution in [3.63, 3.8) is 0 Å². The molecule has 1 aromatic carbocycles. The van der Waals surface area contributed by atoms with Crippen LogP contribution in [0.3, 0.4) is 0 Å². The Bertz CT molecular complexity index is 694. The summed E-state index contributed by atoms with van der Waals surface area (Å²) in [4.78, 5) is 48.4. The normalized spacial score (nSPS) is 17.1. The highest BCUT2D eigenvalue weighted by molar-refractivity contribution is 5.91. The van der Waals surface area contributed by atoms with Crippen LogP contribution >= 0.6 is 0 Å². The summed E-state index contributed by atoms with van der Waals surface area (Å²) in [7, 11) is 0. The summed E-state index contributed by atoms with van der Waals surface area (Å²) in [6.07, 6.45) is 0.346. The average Bonchev–Trinajstić information content (AvgIpc) is 3.15. The molecule has 1 aliphatic heterocycles. The van der Waals surface area contributed by atoms with E-state index in [-0.39, 0.29) is 13.2 Å². The number of carbonyl (C=O) groups excluding carboxylic acids is 3. The first-order chi connectivity index (χ1) is 12.9. The van der Waals surface area contributed by atoms with Gasteiger partial charge in [0, 0.05) is 6.54 Å². The maximum absolute atomic E-state index is 12.3. The number of hydrogen-bond acceptors (Lipinski definition) is 5. The smallest absolute Gasteiger partial charge is 0.407 e. The van der Waals surface area contributed by atoms with Crippen molar-refractivity contribution in [3.8, 4) is 0 Å². The molecule has 0 radical (unpaired) electrons. The number of carboxylic acid groups (broad SMARTS) is 1. The van der Waals surface area contributed by atoms with E-state index < -0.39 is 36.0 Å². The van der Waals surface area contributed by atoms with Crippen molar-refractivity contribution in [2.45, 2.75) is 38.5 Å². The summed E-state index contributed by atoms with van der Waals surface area (Å²) in [5.74, 6) is -2.09. The number of aliphatic carboxylic acids is 1. The maximum atomic E-state index is 12.3. The van der Waals surface area contributed by atoms with E-state index >= 15 is 0 Å². The molecular weight excluding hydrogens is 354 g/mol. The number of hydrogen-bond donors (Lipinski definition) is 3. The Hall–Kier alpha value is -3.10. The van der Waals surface area contributed by atoms with Crippen molar-refractivity contribution in [3.05, 3.63) is 35.9 Å². The highest BCUT2D eigenvalue weighted by Gasteiger charge is 2.35. The molecule has 1 aromatic rings. The zero-order valence-electron chi connectivity index (χ0n) is 15.0. The van der Waals surface area contributed by atoms with Crippen molar-refractivity contribution in [1.82, 2.24) is 15.5 Å². The molecule has 0 aliphatic carbocycles. The number of carbonyl (C=O) groups is 4. The number of carboxylic acids is 1. The van der Waals surface area contributed by atoms with Crippen LogP contribution in [0.4, 0.5) is 4.79 Å². The van der Waals surface area contributed by atoms with Gasteiger partial charge in [-0.05, 0) is 25.3 Å². The topological polar surface area (TPSA) is 125 Å². The third-order valence-corrected chi connectivity index (χ3v) is 4.20. The maximum Gasteiger partial charge on any atom is 0.407 e. The molecule has 1 heterocycles. The molecule has 27 heavy (non-hydrogen) atoms. The number of likely N-dealkylation sites (tertiary alicyclic amines) is 1. The molecule has 3 N–H and O–H groups in total. The van der Waals surface area contributed by atoms with Crippen molar-refractivity contribution in [1.29, 1.82) is 0 Å². The van der Waals surface area contributed by atoms with Crippen LogP contribution in [-0.2, 0) is 25.7 Å². The van der Waals surface area contributed by atoms with Crippen molar-refractivity contribution in [2.24, 2.45) is 0 Å². The van der Waals surface area contributed by atoms with Crippen LogP contribution in [0.25, 0.3) is 0 Å². The van der Waals surface area contributed by atoms with Crippen LogP contribution in [0.2, 0.25) is 0 Å². The predicted octanol–water partition coefficient (Wildman–Crippen LogP) is 0.493. The fourth-order valence-electron chi connectivity index (χ4n) is 2.73. The van der Waals surface area contributed by atoms with Gasteiger partial charge in [-0.25, -0.2) is 4.79 Å². The second-order valence-electron chi connectivity index (χ2n) is 6.23. The Balaban J connectivity index is 1.79. The molecule has 0 unspecified atom stereocenters. The highest BCUT2D eigenvalue weighted by atomic mass is 16.5. The van der Waals surface area contributed by atoms with Gasteiger partial charge in [0.2, 0.25) is 11.8 Å². The van der Waals surface area contributed by atoms with Gasteiger partial charge in [-0.2, -0.15) is 0 Å². The monoisotopic (exact) mass is 377 g/mol. The van der Waals surface area contributed by atoms with Gasteiger partial charge < -0.3 is 25.4 Å². The molecule has 0 saturated carbocycles. The van der Waals surface area contributed by atoms with E-state index in [2.05, 4.69) is 10.6 Å². The molecule has 2 rings (SSSR count). The number of nitrogens with one attached hydrogen (secondary N) is 2. The summed E-state index contributed by atoms with van der Waals surface area (Å²) >= 11 is 0. The van der Waals surface area contributed by atoms with E-state index in [0.29, 0.717) is 19.4 Å². The van der Waals surface area contributed by atoms with Gasteiger partial charge in [0.25, 0.3) is 0 Å². The minimum atomic E-state index is -1.15. The number of rotatable bonds is 7. The summed E-state index contributed by atoms with van der Waals surface area (Å²) < 4.78 is 5.03. The summed E-state index contributed by atoms with van der Waals surface area (Å²) in [5.41, 5.74) is 0.822. The molecule has 0 bridgehead atoms. The Labute approximate surface area is 156 Å². The molecule has 9 heteroatoms. The fourth-order valence-corrected chi connectivity index (χ4v) is 2.73. The van der Waals surface area contributed by atoms with Crippen molar-refractivity contribution < 1.29 is 29.0 Å². The Kier molecular flexibility index (Phi) is 7.16. The Morgan fingerprint density at radius 3 is 2.63 bits per heavy atom. The van der Waals surface area contributed by atoms with Crippen LogP contribution < -0.4 is 10.6 Å². The minimum absolute atomic E-state index is 0.0860. The SMILES string of the molecule is C[C@H](NC(=O)[C@H]1CCCN1C(=O)CNC(=O)OCc1ccccc1)C(=O)O. The zero-order valence-corrected chi connectivity index (χ0v) is 15.0. The van der Waals surface area contributed by atoms with Gasteiger partial charge in [-0.1, -0.05) is 30.3 Å².